The van der Waals surface area contributed by atoms with Crippen LogP contribution in [0.4, 0.5) is 0 Å². The van der Waals surface area contributed by atoms with Gasteiger partial charge in [-0.15, -0.1) is 0 Å². The number of hydrogen-bond donors (Lipinski definition) is 0. The molecule has 1 amide bonds. The summed E-state index contributed by atoms with van der Waals surface area (Å²) in [6.45, 7) is 3.88. The van der Waals surface area contributed by atoms with Crippen molar-refractivity contribution in [2.24, 2.45) is 4.99 Å². The lowest BCUT2D eigenvalue weighted by atomic mass is 9.93. The van der Waals surface area contributed by atoms with Crippen LogP contribution in [0.5, 0.6) is 11.5 Å². The van der Waals surface area contributed by atoms with Gasteiger partial charge in [0.05, 0.1) is 36.8 Å². The molecule has 8 heteroatoms. The highest BCUT2D eigenvalue weighted by Crippen LogP contribution is 2.45. The SMILES string of the molecule is CCC1SC2=NC(C)=C(C(=O)OCc3ccccc3)C(c3ccc(OC)c(OC)c3)N2C1=O. The summed E-state index contributed by atoms with van der Waals surface area (Å²) in [7, 11) is 3.11. The molecular weight excluding hydrogens is 440 g/mol. The maximum absolute atomic E-state index is 13.3. The number of nitrogens with zero attached hydrogens (tertiary/aromatic N) is 2. The minimum atomic E-state index is -0.669. The molecule has 2 aliphatic rings. The highest BCUT2D eigenvalue weighted by atomic mass is 32.2. The number of amidine groups is 1. The molecule has 0 aliphatic carbocycles. The highest BCUT2D eigenvalue weighted by Gasteiger charge is 2.47. The van der Waals surface area contributed by atoms with E-state index in [2.05, 4.69) is 4.99 Å². The van der Waals surface area contributed by atoms with E-state index in [1.807, 2.05) is 43.3 Å². The summed E-state index contributed by atoms with van der Waals surface area (Å²) in [5.74, 6) is 0.507. The van der Waals surface area contributed by atoms with Gasteiger partial charge in [0.1, 0.15) is 6.61 Å². The molecule has 1 fully saturated rings. The Hall–Kier alpha value is -3.26. The van der Waals surface area contributed by atoms with Crippen molar-refractivity contribution in [2.75, 3.05) is 14.2 Å². The van der Waals surface area contributed by atoms with Gasteiger partial charge in [0, 0.05) is 0 Å². The molecule has 0 aromatic heterocycles. The molecule has 2 aromatic rings. The number of allylic oxidation sites excluding steroid dienone is 1. The first kappa shape index (κ1) is 22.9. The Morgan fingerprint density at radius 1 is 1.09 bits per heavy atom. The summed E-state index contributed by atoms with van der Waals surface area (Å²) in [5, 5.41) is 0.364. The minimum Gasteiger partial charge on any atom is -0.493 e. The van der Waals surface area contributed by atoms with E-state index in [1.54, 1.807) is 38.2 Å². The van der Waals surface area contributed by atoms with Gasteiger partial charge in [-0.2, -0.15) is 0 Å². The molecule has 33 heavy (non-hydrogen) atoms. The number of ether oxygens (including phenoxy) is 3. The Balaban J connectivity index is 1.75. The third-order valence-corrected chi connectivity index (χ3v) is 7.00. The van der Waals surface area contributed by atoms with E-state index >= 15 is 0 Å². The number of benzene rings is 2. The predicted molar refractivity (Wildman–Crippen MR) is 127 cm³/mol. The van der Waals surface area contributed by atoms with Gasteiger partial charge in [-0.1, -0.05) is 55.1 Å². The van der Waals surface area contributed by atoms with E-state index in [0.29, 0.717) is 34.4 Å². The van der Waals surface area contributed by atoms with Crippen LogP contribution in [0.15, 0.2) is 64.8 Å². The van der Waals surface area contributed by atoms with Crippen molar-refractivity contribution in [1.29, 1.82) is 0 Å². The summed E-state index contributed by atoms with van der Waals surface area (Å²) in [6.07, 6.45) is 0.671. The first-order valence-electron chi connectivity index (χ1n) is 10.7. The molecule has 0 spiro atoms. The fourth-order valence-corrected chi connectivity index (χ4v) is 5.12. The number of rotatable bonds is 7. The largest absolute Gasteiger partial charge is 0.493 e. The molecule has 2 atom stereocenters. The molecule has 2 aromatic carbocycles. The van der Waals surface area contributed by atoms with E-state index in [-0.39, 0.29) is 17.8 Å². The molecule has 2 aliphatic heterocycles. The van der Waals surface area contributed by atoms with Crippen LogP contribution in [0.3, 0.4) is 0 Å². The summed E-state index contributed by atoms with van der Waals surface area (Å²) >= 11 is 1.43. The molecule has 172 valence electrons. The predicted octanol–water partition coefficient (Wildman–Crippen LogP) is 4.49. The molecule has 4 rings (SSSR count). The molecular formula is C25H26N2O5S. The number of thioether (sulfide) groups is 1. The van der Waals surface area contributed by atoms with Crippen molar-refractivity contribution in [3.63, 3.8) is 0 Å². The zero-order chi connectivity index (χ0) is 23.5. The number of carbonyl (C=O) groups excluding carboxylic acids is 2. The third kappa shape index (κ3) is 4.35. The molecule has 2 heterocycles. The number of amides is 1. The van der Waals surface area contributed by atoms with Crippen LogP contribution in [0, 0.1) is 0 Å². The maximum atomic E-state index is 13.3. The fourth-order valence-electron chi connectivity index (χ4n) is 3.99. The van der Waals surface area contributed by atoms with Gasteiger partial charge in [0.2, 0.25) is 5.91 Å². The van der Waals surface area contributed by atoms with Gasteiger partial charge in [-0.05, 0) is 36.6 Å². The number of fused-ring (bicyclic) bond motifs is 1. The monoisotopic (exact) mass is 466 g/mol. The van der Waals surface area contributed by atoms with Crippen LogP contribution in [0.1, 0.15) is 37.4 Å². The molecule has 0 bridgehead atoms. The number of aliphatic imine (C=N–C) groups is 1. The van der Waals surface area contributed by atoms with Crippen LogP contribution in [0.2, 0.25) is 0 Å². The first-order chi connectivity index (χ1) is 16.0. The number of esters is 1. The van der Waals surface area contributed by atoms with Crippen LogP contribution >= 0.6 is 11.8 Å². The second kappa shape index (κ2) is 9.70. The Bertz CT molecular complexity index is 1130. The maximum Gasteiger partial charge on any atom is 0.338 e. The van der Waals surface area contributed by atoms with Crippen LogP contribution < -0.4 is 9.47 Å². The Morgan fingerprint density at radius 2 is 1.82 bits per heavy atom. The van der Waals surface area contributed by atoms with Gasteiger partial charge < -0.3 is 14.2 Å². The van der Waals surface area contributed by atoms with Crippen LogP contribution in [-0.2, 0) is 20.9 Å². The van der Waals surface area contributed by atoms with Crippen molar-refractivity contribution < 1.29 is 23.8 Å². The lowest BCUT2D eigenvalue weighted by molar-refractivity contribution is -0.141. The van der Waals surface area contributed by atoms with Gasteiger partial charge >= 0.3 is 5.97 Å². The quantitative estimate of drug-likeness (QED) is 0.560. The smallest absolute Gasteiger partial charge is 0.338 e. The van der Waals surface area contributed by atoms with E-state index in [4.69, 9.17) is 14.2 Å². The van der Waals surface area contributed by atoms with Crippen LogP contribution in [-0.4, -0.2) is 41.4 Å². The normalized spacial score (nSPS) is 19.8. The first-order valence-corrected chi connectivity index (χ1v) is 11.6. The van der Waals surface area contributed by atoms with Crippen molar-refractivity contribution in [1.82, 2.24) is 4.90 Å². The Morgan fingerprint density at radius 3 is 2.48 bits per heavy atom. The molecule has 0 saturated carbocycles. The van der Waals surface area contributed by atoms with Crippen molar-refractivity contribution >= 4 is 28.8 Å². The summed E-state index contributed by atoms with van der Waals surface area (Å²) < 4.78 is 16.5. The highest BCUT2D eigenvalue weighted by molar-refractivity contribution is 8.15. The third-order valence-electron chi connectivity index (χ3n) is 5.68. The second-order valence-corrected chi connectivity index (χ2v) is 8.87. The summed E-state index contributed by atoms with van der Waals surface area (Å²) in [5.41, 5.74) is 2.48. The van der Waals surface area contributed by atoms with E-state index < -0.39 is 12.0 Å². The summed E-state index contributed by atoms with van der Waals surface area (Å²) in [6, 6.07) is 14.2. The van der Waals surface area contributed by atoms with Crippen molar-refractivity contribution in [3.8, 4) is 11.5 Å². The van der Waals surface area contributed by atoms with E-state index in [9.17, 15) is 9.59 Å². The summed E-state index contributed by atoms with van der Waals surface area (Å²) in [4.78, 5) is 32.8. The van der Waals surface area contributed by atoms with E-state index in [1.165, 1.54) is 11.8 Å². The Kier molecular flexibility index (Phi) is 6.74. The van der Waals surface area contributed by atoms with Gasteiger partial charge in [-0.3, -0.25) is 9.69 Å². The van der Waals surface area contributed by atoms with Gasteiger partial charge in [0.25, 0.3) is 0 Å². The van der Waals surface area contributed by atoms with E-state index in [0.717, 1.165) is 11.1 Å². The average Bonchev–Trinajstić information content (AvgIpc) is 3.16. The average molecular weight is 467 g/mol. The number of carbonyl (C=O) groups is 2. The van der Waals surface area contributed by atoms with Crippen LogP contribution in [0.25, 0.3) is 0 Å². The van der Waals surface area contributed by atoms with Gasteiger partial charge in [-0.25, -0.2) is 9.79 Å². The standard InChI is InChI=1S/C25H26N2O5S/c1-5-20-23(28)27-22(17-11-12-18(30-3)19(13-17)31-4)21(15(2)26-25(27)33-20)24(29)32-14-16-9-7-6-8-10-16/h6-13,20,22H,5,14H2,1-4H3. The molecule has 2 unspecified atom stereocenters. The number of hydrogen-bond acceptors (Lipinski definition) is 7. The van der Waals surface area contributed by atoms with Gasteiger partial charge in [0.15, 0.2) is 16.7 Å². The zero-order valence-electron chi connectivity index (χ0n) is 19.0. The zero-order valence-corrected chi connectivity index (χ0v) is 19.8. The fraction of sp³-hybridized carbons (Fsp3) is 0.320. The lowest BCUT2D eigenvalue weighted by Gasteiger charge is -2.33. The topological polar surface area (TPSA) is 77.4 Å². The lowest BCUT2D eigenvalue weighted by Crippen LogP contribution is -2.40. The molecule has 7 nitrogen and oxygen atoms in total. The number of methoxy groups -OCH3 is 2. The minimum absolute atomic E-state index is 0.0677. The Labute approximate surface area is 197 Å². The molecule has 0 radical (unpaired) electrons. The van der Waals surface area contributed by atoms with Crippen molar-refractivity contribution in [2.45, 2.75) is 38.2 Å². The van der Waals surface area contributed by atoms with Crippen molar-refractivity contribution in [3.05, 3.63) is 70.9 Å². The molecule has 1 saturated heterocycles. The molecule has 0 N–H and O–H groups in total. The second-order valence-electron chi connectivity index (χ2n) is 7.70.